The van der Waals surface area contributed by atoms with Crippen molar-refractivity contribution in [2.75, 3.05) is 5.32 Å². The highest BCUT2D eigenvalue weighted by Gasteiger charge is 2.24. The Morgan fingerprint density at radius 1 is 1.13 bits per heavy atom. The zero-order valence-corrected chi connectivity index (χ0v) is 12.0. The molecule has 4 rings (SSSR count). The van der Waals surface area contributed by atoms with Crippen molar-refractivity contribution in [3.63, 3.8) is 0 Å². The summed E-state index contributed by atoms with van der Waals surface area (Å²) in [6.07, 6.45) is 1.40. The molecule has 0 fully saturated rings. The number of amidine groups is 1. The average Bonchev–Trinajstić information content (AvgIpc) is 2.95. The molecule has 0 spiro atoms. The number of aromatic nitrogens is 1. The number of nitriles is 1. The summed E-state index contributed by atoms with van der Waals surface area (Å²) in [5.74, 6) is 1.07. The molecule has 0 bridgehead atoms. The Bertz CT molecular complexity index is 1000. The molecule has 0 unspecified atom stereocenters. The predicted octanol–water partition coefficient (Wildman–Crippen LogP) is 2.85. The van der Waals surface area contributed by atoms with Crippen molar-refractivity contribution in [3.8, 4) is 6.07 Å². The van der Waals surface area contributed by atoms with E-state index in [0.717, 1.165) is 22.0 Å². The van der Waals surface area contributed by atoms with Crippen molar-refractivity contribution >= 4 is 35.8 Å². The molecule has 0 aliphatic carbocycles. The SMILES string of the molecule is N#Cc1ccc(N=C2Nc3cccc4cccc2c34)[n+]([B]F)c1. The second kappa shape index (κ2) is 5.22. The molecule has 23 heavy (non-hydrogen) atoms. The molecular formula is C17H10BFN4+. The van der Waals surface area contributed by atoms with Gasteiger partial charge in [0.1, 0.15) is 6.07 Å². The zero-order valence-electron chi connectivity index (χ0n) is 12.0. The van der Waals surface area contributed by atoms with E-state index >= 15 is 0 Å². The van der Waals surface area contributed by atoms with Crippen LogP contribution in [-0.4, -0.2) is 13.5 Å². The maximum absolute atomic E-state index is 13.1. The smallest absolute Gasteiger partial charge is 0.318 e. The normalized spacial score (nSPS) is 13.8. The largest absolute Gasteiger partial charge is 0.640 e. The van der Waals surface area contributed by atoms with E-state index < -0.39 is 0 Å². The Morgan fingerprint density at radius 3 is 2.74 bits per heavy atom. The van der Waals surface area contributed by atoms with E-state index in [1.54, 1.807) is 12.1 Å². The van der Waals surface area contributed by atoms with Gasteiger partial charge >= 0.3 is 13.5 Å². The van der Waals surface area contributed by atoms with E-state index in [4.69, 9.17) is 5.26 Å². The lowest BCUT2D eigenvalue weighted by Crippen LogP contribution is -2.38. The Hall–Kier alpha value is -3.20. The highest BCUT2D eigenvalue weighted by atomic mass is 19.1. The van der Waals surface area contributed by atoms with Gasteiger partial charge in [-0.25, -0.2) is 0 Å². The summed E-state index contributed by atoms with van der Waals surface area (Å²) in [6, 6.07) is 17.2. The van der Waals surface area contributed by atoms with E-state index in [9.17, 15) is 4.32 Å². The zero-order chi connectivity index (χ0) is 15.8. The molecule has 0 saturated carbocycles. The molecule has 3 aromatic rings. The van der Waals surface area contributed by atoms with Crippen molar-refractivity contribution in [2.24, 2.45) is 4.99 Å². The van der Waals surface area contributed by atoms with Gasteiger partial charge in [-0.2, -0.15) is 5.26 Å². The number of hydrogen-bond donors (Lipinski definition) is 1. The number of nitrogens with one attached hydrogen (secondary N) is 1. The molecule has 2 aromatic carbocycles. The lowest BCUT2D eigenvalue weighted by molar-refractivity contribution is -0.522. The molecule has 1 radical (unpaired) electrons. The van der Waals surface area contributed by atoms with Crippen LogP contribution in [0.2, 0.25) is 0 Å². The number of halogens is 1. The number of nitrogens with zero attached hydrogens (tertiary/aromatic N) is 3. The second-order valence-corrected chi connectivity index (χ2v) is 5.19. The molecule has 1 aliphatic rings. The van der Waals surface area contributed by atoms with Crippen LogP contribution in [0.4, 0.5) is 15.8 Å². The first-order valence-corrected chi connectivity index (χ1v) is 7.07. The van der Waals surface area contributed by atoms with Crippen molar-refractivity contribution in [1.29, 1.82) is 5.26 Å². The molecule has 6 heteroatoms. The summed E-state index contributed by atoms with van der Waals surface area (Å²) >= 11 is 0. The summed E-state index contributed by atoms with van der Waals surface area (Å²) in [6.45, 7) is 0. The van der Waals surface area contributed by atoms with Crippen molar-refractivity contribution in [3.05, 3.63) is 65.9 Å². The van der Waals surface area contributed by atoms with Gasteiger partial charge in [-0.15, -0.1) is 0 Å². The van der Waals surface area contributed by atoms with Crippen LogP contribution in [-0.2, 0) is 0 Å². The third kappa shape index (κ3) is 2.14. The molecule has 2 heterocycles. The third-order valence-electron chi connectivity index (χ3n) is 3.83. The monoisotopic (exact) mass is 300 g/mol. The third-order valence-corrected chi connectivity index (χ3v) is 3.83. The first-order valence-electron chi connectivity index (χ1n) is 7.07. The van der Waals surface area contributed by atoms with E-state index in [1.807, 2.05) is 42.5 Å². The van der Waals surface area contributed by atoms with Gasteiger partial charge in [0.15, 0.2) is 0 Å². The summed E-state index contributed by atoms with van der Waals surface area (Å²) in [4.78, 5) is 4.53. The van der Waals surface area contributed by atoms with Crippen LogP contribution < -0.4 is 9.79 Å². The molecule has 1 aromatic heterocycles. The maximum atomic E-state index is 13.1. The minimum Gasteiger partial charge on any atom is -0.318 e. The van der Waals surface area contributed by atoms with Crippen LogP contribution in [0.25, 0.3) is 10.8 Å². The summed E-state index contributed by atoms with van der Waals surface area (Å²) in [5.41, 5.74) is 2.33. The quantitative estimate of drug-likeness (QED) is 0.740. The minimum atomic E-state index is 0.368. The molecule has 1 aliphatic heterocycles. The van der Waals surface area contributed by atoms with Crippen molar-refractivity contribution in [1.82, 2.24) is 0 Å². The first-order chi connectivity index (χ1) is 11.3. The molecule has 0 atom stereocenters. The molecule has 4 nitrogen and oxygen atoms in total. The van der Waals surface area contributed by atoms with Crippen LogP contribution in [0.15, 0.2) is 59.7 Å². The molecule has 0 saturated heterocycles. The van der Waals surface area contributed by atoms with Gasteiger partial charge in [0.25, 0.3) is 5.84 Å². The fourth-order valence-corrected chi connectivity index (χ4v) is 2.79. The lowest BCUT2D eigenvalue weighted by Gasteiger charge is -1.98. The topological polar surface area (TPSA) is 52.1 Å². The molecule has 1 N–H and O–H groups in total. The molecule has 107 valence electrons. The number of benzene rings is 2. The maximum Gasteiger partial charge on any atom is 0.640 e. The van der Waals surface area contributed by atoms with Crippen LogP contribution in [0.1, 0.15) is 11.1 Å². The average molecular weight is 300 g/mol. The first kappa shape index (κ1) is 13.5. The summed E-state index contributed by atoms with van der Waals surface area (Å²) < 4.78 is 14.3. The van der Waals surface area contributed by atoms with Crippen LogP contribution >= 0.6 is 0 Å². The Balaban J connectivity index is 1.87. The van der Waals surface area contributed by atoms with Crippen LogP contribution in [0.5, 0.6) is 0 Å². The number of aliphatic imine (C=N–C) groups is 1. The predicted molar refractivity (Wildman–Crippen MR) is 87.4 cm³/mol. The Morgan fingerprint density at radius 2 is 1.96 bits per heavy atom. The second-order valence-electron chi connectivity index (χ2n) is 5.19. The summed E-state index contributed by atoms with van der Waals surface area (Å²) in [5, 5.41) is 14.4. The summed E-state index contributed by atoms with van der Waals surface area (Å²) in [7, 11) is 0.392. The van der Waals surface area contributed by atoms with Gasteiger partial charge in [0, 0.05) is 11.5 Å². The minimum absolute atomic E-state index is 0.368. The van der Waals surface area contributed by atoms with Crippen LogP contribution in [0, 0.1) is 11.3 Å². The number of rotatable bonds is 2. The lowest BCUT2D eigenvalue weighted by atomic mass is 10.1. The fourth-order valence-electron chi connectivity index (χ4n) is 2.79. The Kier molecular flexibility index (Phi) is 3.05. The van der Waals surface area contributed by atoms with Gasteiger partial charge in [-0.1, -0.05) is 24.3 Å². The van der Waals surface area contributed by atoms with Gasteiger partial charge < -0.3 is 5.32 Å². The van der Waals surface area contributed by atoms with Gasteiger partial charge in [-0.3, -0.25) is 8.79 Å². The van der Waals surface area contributed by atoms with E-state index in [1.165, 1.54) is 10.7 Å². The number of pyridine rings is 1. The van der Waals surface area contributed by atoms with E-state index in [-0.39, 0.29) is 0 Å². The van der Waals surface area contributed by atoms with Crippen molar-refractivity contribution < 1.29 is 8.79 Å². The fraction of sp³-hybridized carbons (Fsp3) is 0. The molecular weight excluding hydrogens is 290 g/mol. The van der Waals surface area contributed by atoms with E-state index in [0.29, 0.717) is 24.9 Å². The van der Waals surface area contributed by atoms with Crippen molar-refractivity contribution in [2.45, 2.75) is 0 Å². The standard InChI is InChI=1S/C17H10BFN4/c19-18-23-10-11(9-20)7-8-15(23)22-17-13-5-1-3-12-4-2-6-14(21-17)16(12)13/h1-8,10H,(H,21,22)/q+1. The highest BCUT2D eigenvalue weighted by Crippen LogP contribution is 2.33. The number of hydrogen-bond acceptors (Lipinski definition) is 2. The number of anilines is 1. The highest BCUT2D eigenvalue weighted by molar-refractivity contribution is 6.26. The van der Waals surface area contributed by atoms with Gasteiger partial charge in [-0.05, 0) is 28.6 Å². The van der Waals surface area contributed by atoms with E-state index in [2.05, 4.69) is 10.3 Å². The van der Waals surface area contributed by atoms with Crippen LogP contribution in [0.3, 0.4) is 0 Å². The molecule has 0 amide bonds. The Labute approximate surface area is 132 Å². The van der Waals surface area contributed by atoms with Gasteiger partial charge in [0.2, 0.25) is 0 Å². The van der Waals surface area contributed by atoms with Gasteiger partial charge in [0.05, 0.1) is 23.0 Å².